The molecule has 0 saturated carbocycles. The summed E-state index contributed by atoms with van der Waals surface area (Å²) in [4.78, 5) is 4.41. The van der Waals surface area contributed by atoms with Crippen LogP contribution in [0.5, 0.6) is 0 Å². The normalized spacial score (nSPS) is 11.1. The summed E-state index contributed by atoms with van der Waals surface area (Å²) < 4.78 is 18.9. The molecule has 3 rings (SSSR count). The number of aryl methyl sites for hydroxylation is 2. The van der Waals surface area contributed by atoms with Gasteiger partial charge < -0.3 is 10.2 Å². The van der Waals surface area contributed by atoms with Crippen LogP contribution in [0.4, 0.5) is 10.1 Å². The molecule has 19 heavy (non-hydrogen) atoms. The van der Waals surface area contributed by atoms with Gasteiger partial charge in [-0.2, -0.15) is 0 Å². The van der Waals surface area contributed by atoms with Crippen LogP contribution in [0.15, 0.2) is 34.7 Å². The number of anilines is 1. The summed E-state index contributed by atoms with van der Waals surface area (Å²) in [6, 6.07) is 8.13. The van der Waals surface area contributed by atoms with Crippen molar-refractivity contribution >= 4 is 16.8 Å². The average Bonchev–Trinajstić information content (AvgIpc) is 2.82. The molecule has 0 aliphatic rings. The highest BCUT2D eigenvalue weighted by atomic mass is 19.1. The fourth-order valence-corrected chi connectivity index (χ4v) is 2.16. The first-order valence-electron chi connectivity index (χ1n) is 5.98. The number of halogens is 1. The Morgan fingerprint density at radius 2 is 1.95 bits per heavy atom. The Morgan fingerprint density at radius 3 is 2.68 bits per heavy atom. The zero-order valence-electron chi connectivity index (χ0n) is 10.7. The monoisotopic (exact) mass is 256 g/mol. The van der Waals surface area contributed by atoms with Gasteiger partial charge in [-0.15, -0.1) is 0 Å². The Hall–Kier alpha value is -2.36. The van der Waals surface area contributed by atoms with Crippen molar-refractivity contribution in [3.8, 4) is 11.5 Å². The lowest BCUT2D eigenvalue weighted by molar-refractivity contribution is 0.612. The fraction of sp³-hybridized carbons (Fsp3) is 0.133. The quantitative estimate of drug-likeness (QED) is 0.673. The lowest BCUT2D eigenvalue weighted by Crippen LogP contribution is -1.91. The van der Waals surface area contributed by atoms with Crippen LogP contribution in [0.1, 0.15) is 11.1 Å². The molecule has 3 nitrogen and oxygen atoms in total. The molecule has 2 N–H and O–H groups in total. The average molecular weight is 256 g/mol. The summed E-state index contributed by atoms with van der Waals surface area (Å²) in [5.74, 6) is 0.0653. The second kappa shape index (κ2) is 4.09. The Kier molecular flexibility index (Phi) is 2.52. The topological polar surface area (TPSA) is 52.0 Å². The maximum Gasteiger partial charge on any atom is 0.227 e. The molecule has 0 aliphatic carbocycles. The summed E-state index contributed by atoms with van der Waals surface area (Å²) in [7, 11) is 0. The third-order valence-electron chi connectivity index (χ3n) is 3.17. The summed E-state index contributed by atoms with van der Waals surface area (Å²) >= 11 is 0. The van der Waals surface area contributed by atoms with E-state index in [-0.39, 0.29) is 5.82 Å². The van der Waals surface area contributed by atoms with E-state index in [1.165, 1.54) is 12.1 Å². The van der Waals surface area contributed by atoms with Crippen molar-refractivity contribution in [3.63, 3.8) is 0 Å². The lowest BCUT2D eigenvalue weighted by atomic mass is 10.1. The van der Waals surface area contributed by atoms with E-state index in [4.69, 9.17) is 10.2 Å². The maximum atomic E-state index is 13.2. The number of hydrogen-bond acceptors (Lipinski definition) is 3. The van der Waals surface area contributed by atoms with Crippen LogP contribution < -0.4 is 5.73 Å². The van der Waals surface area contributed by atoms with E-state index in [0.717, 1.165) is 16.6 Å². The number of oxazole rings is 1. The molecule has 4 heteroatoms. The Bertz CT molecular complexity index is 777. The highest BCUT2D eigenvalue weighted by Gasteiger charge is 2.14. The van der Waals surface area contributed by atoms with Gasteiger partial charge in [-0.05, 0) is 43.2 Å². The van der Waals surface area contributed by atoms with E-state index in [9.17, 15) is 4.39 Å². The molecular weight excluding hydrogens is 243 g/mol. The second-order valence-electron chi connectivity index (χ2n) is 4.63. The van der Waals surface area contributed by atoms with E-state index >= 15 is 0 Å². The fourth-order valence-electron chi connectivity index (χ4n) is 2.16. The molecule has 1 aromatic heterocycles. The SMILES string of the molecule is Cc1cc(C)c2nc(-c3cccc(F)c3)oc2c1N. The van der Waals surface area contributed by atoms with E-state index in [1.807, 2.05) is 19.9 Å². The molecule has 0 bridgehead atoms. The van der Waals surface area contributed by atoms with Crippen LogP contribution in [0.2, 0.25) is 0 Å². The number of nitrogens with two attached hydrogens (primary N) is 1. The number of rotatable bonds is 1. The highest BCUT2D eigenvalue weighted by molar-refractivity contribution is 5.90. The number of nitrogen functional groups attached to an aromatic ring is 1. The predicted octanol–water partition coefficient (Wildman–Crippen LogP) is 3.83. The number of aromatic nitrogens is 1. The van der Waals surface area contributed by atoms with Crippen molar-refractivity contribution in [2.24, 2.45) is 0 Å². The molecule has 0 fully saturated rings. The summed E-state index contributed by atoms with van der Waals surface area (Å²) in [6.07, 6.45) is 0. The number of benzene rings is 2. The van der Waals surface area contributed by atoms with E-state index < -0.39 is 0 Å². The van der Waals surface area contributed by atoms with Crippen LogP contribution in [-0.4, -0.2) is 4.98 Å². The molecule has 3 aromatic rings. The number of fused-ring (bicyclic) bond motifs is 1. The van der Waals surface area contributed by atoms with Gasteiger partial charge in [0.05, 0.1) is 5.69 Å². The standard InChI is InChI=1S/C15H13FN2O/c1-8-6-9(2)13-14(12(8)17)19-15(18-13)10-4-3-5-11(16)7-10/h3-7H,17H2,1-2H3. The van der Waals surface area contributed by atoms with E-state index in [2.05, 4.69) is 4.98 Å². The first kappa shape index (κ1) is 11.7. The number of hydrogen-bond donors (Lipinski definition) is 1. The van der Waals surface area contributed by atoms with Crippen molar-refractivity contribution < 1.29 is 8.81 Å². The molecule has 2 aromatic carbocycles. The van der Waals surface area contributed by atoms with Gasteiger partial charge in [0.15, 0.2) is 5.58 Å². The first-order valence-corrected chi connectivity index (χ1v) is 5.98. The lowest BCUT2D eigenvalue weighted by Gasteiger charge is -2.01. The summed E-state index contributed by atoms with van der Waals surface area (Å²) in [5, 5.41) is 0. The van der Waals surface area contributed by atoms with Crippen molar-refractivity contribution in [2.45, 2.75) is 13.8 Å². The van der Waals surface area contributed by atoms with Crippen molar-refractivity contribution in [1.82, 2.24) is 4.98 Å². The van der Waals surface area contributed by atoms with Gasteiger partial charge in [-0.3, -0.25) is 0 Å². The summed E-state index contributed by atoms with van der Waals surface area (Å²) in [5.41, 5.74) is 10.4. The van der Waals surface area contributed by atoms with Gasteiger partial charge in [0.1, 0.15) is 11.3 Å². The molecule has 0 spiro atoms. The van der Waals surface area contributed by atoms with Crippen molar-refractivity contribution in [1.29, 1.82) is 0 Å². The van der Waals surface area contributed by atoms with E-state index in [0.29, 0.717) is 22.7 Å². The molecule has 96 valence electrons. The minimum Gasteiger partial charge on any atom is -0.434 e. The van der Waals surface area contributed by atoms with Crippen molar-refractivity contribution in [3.05, 3.63) is 47.3 Å². The van der Waals surface area contributed by atoms with Crippen LogP contribution in [0, 0.1) is 19.7 Å². The third kappa shape index (κ3) is 1.85. The smallest absolute Gasteiger partial charge is 0.227 e. The Balaban J connectivity index is 2.28. The molecule has 0 amide bonds. The predicted molar refractivity (Wildman–Crippen MR) is 73.3 cm³/mol. The van der Waals surface area contributed by atoms with Gasteiger partial charge in [-0.1, -0.05) is 12.1 Å². The maximum absolute atomic E-state index is 13.2. The number of nitrogens with zero attached hydrogens (tertiary/aromatic N) is 1. The van der Waals surface area contributed by atoms with Gasteiger partial charge >= 0.3 is 0 Å². The molecule has 0 atom stereocenters. The molecular formula is C15H13FN2O. The second-order valence-corrected chi connectivity index (χ2v) is 4.63. The molecule has 0 unspecified atom stereocenters. The molecule has 0 aliphatic heterocycles. The Morgan fingerprint density at radius 1 is 1.16 bits per heavy atom. The summed E-state index contributed by atoms with van der Waals surface area (Å²) in [6.45, 7) is 3.87. The van der Waals surface area contributed by atoms with Crippen LogP contribution in [-0.2, 0) is 0 Å². The first-order chi connectivity index (χ1) is 9.06. The van der Waals surface area contributed by atoms with Gasteiger partial charge in [0.2, 0.25) is 5.89 Å². The highest BCUT2D eigenvalue weighted by Crippen LogP contribution is 2.32. The van der Waals surface area contributed by atoms with Gasteiger partial charge in [-0.25, -0.2) is 9.37 Å². The van der Waals surface area contributed by atoms with Crippen LogP contribution in [0.25, 0.3) is 22.6 Å². The van der Waals surface area contributed by atoms with Crippen LogP contribution in [0.3, 0.4) is 0 Å². The van der Waals surface area contributed by atoms with Crippen LogP contribution >= 0.6 is 0 Å². The molecule has 0 radical (unpaired) electrons. The van der Waals surface area contributed by atoms with Gasteiger partial charge in [0.25, 0.3) is 0 Å². The Labute approximate surface area is 109 Å². The largest absolute Gasteiger partial charge is 0.434 e. The third-order valence-corrected chi connectivity index (χ3v) is 3.17. The zero-order chi connectivity index (χ0) is 13.6. The molecule has 1 heterocycles. The molecule has 0 saturated heterocycles. The van der Waals surface area contributed by atoms with Gasteiger partial charge in [0, 0.05) is 5.56 Å². The van der Waals surface area contributed by atoms with E-state index in [1.54, 1.807) is 12.1 Å². The minimum absolute atomic E-state index is 0.319. The minimum atomic E-state index is -0.319. The van der Waals surface area contributed by atoms with Crippen molar-refractivity contribution in [2.75, 3.05) is 5.73 Å². The zero-order valence-corrected chi connectivity index (χ0v) is 10.7.